The van der Waals surface area contributed by atoms with Crippen LogP contribution in [0.4, 0.5) is 15.8 Å². The fourth-order valence-corrected chi connectivity index (χ4v) is 2.30. The van der Waals surface area contributed by atoms with Crippen molar-refractivity contribution in [2.24, 2.45) is 0 Å². The Hall–Kier alpha value is -1.95. The second-order valence-electron chi connectivity index (χ2n) is 4.19. The van der Waals surface area contributed by atoms with E-state index >= 15 is 0 Å². The molecule has 0 heterocycles. The lowest BCUT2D eigenvalue weighted by Crippen LogP contribution is -2.06. The maximum atomic E-state index is 13.4. The fraction of sp³-hybridized carbons (Fsp3) is 0.143. The van der Waals surface area contributed by atoms with Crippen LogP contribution in [0, 0.1) is 15.9 Å². The second kappa shape index (κ2) is 6.47. The van der Waals surface area contributed by atoms with Gasteiger partial charge in [0.25, 0.3) is 5.69 Å². The minimum absolute atomic E-state index is 0.0246. The molecule has 2 aromatic carbocycles. The van der Waals surface area contributed by atoms with E-state index in [9.17, 15) is 14.5 Å². The summed E-state index contributed by atoms with van der Waals surface area (Å²) in [6.07, 6.45) is 0.538. The highest BCUT2D eigenvalue weighted by Gasteiger charge is 2.09. The second-order valence-corrected chi connectivity index (χ2v) is 5.04. The SMILES string of the molecule is O=[N+]([O-])c1ccc(NCCc2ccccc2F)c(Br)c1. The highest BCUT2D eigenvalue weighted by atomic mass is 79.9. The molecule has 6 heteroatoms. The molecule has 0 amide bonds. The van der Waals surface area contributed by atoms with E-state index in [0.29, 0.717) is 23.0 Å². The zero-order valence-electron chi connectivity index (χ0n) is 10.5. The van der Waals surface area contributed by atoms with Crippen molar-refractivity contribution in [3.05, 3.63) is 68.4 Å². The van der Waals surface area contributed by atoms with E-state index in [1.165, 1.54) is 18.2 Å². The van der Waals surface area contributed by atoms with Crippen LogP contribution < -0.4 is 5.32 Å². The van der Waals surface area contributed by atoms with Crippen molar-refractivity contribution in [2.45, 2.75) is 6.42 Å². The molecule has 2 rings (SSSR count). The summed E-state index contributed by atoms with van der Waals surface area (Å²) in [5, 5.41) is 13.7. The molecule has 104 valence electrons. The Morgan fingerprint density at radius 2 is 2.00 bits per heavy atom. The third-order valence-electron chi connectivity index (χ3n) is 2.83. The van der Waals surface area contributed by atoms with Gasteiger partial charge in [0.05, 0.1) is 4.92 Å². The number of non-ortho nitro benzene ring substituents is 1. The van der Waals surface area contributed by atoms with E-state index in [1.54, 1.807) is 24.3 Å². The molecule has 0 aromatic heterocycles. The molecular weight excluding hydrogens is 327 g/mol. The summed E-state index contributed by atoms with van der Waals surface area (Å²) in [7, 11) is 0. The van der Waals surface area contributed by atoms with E-state index < -0.39 is 4.92 Å². The third-order valence-corrected chi connectivity index (χ3v) is 3.49. The number of hydrogen-bond acceptors (Lipinski definition) is 3. The van der Waals surface area contributed by atoms with Gasteiger partial charge in [0.2, 0.25) is 0 Å². The van der Waals surface area contributed by atoms with Crippen molar-refractivity contribution in [1.82, 2.24) is 0 Å². The molecule has 0 spiro atoms. The molecule has 0 fully saturated rings. The van der Waals surface area contributed by atoms with Crippen LogP contribution in [-0.2, 0) is 6.42 Å². The van der Waals surface area contributed by atoms with Gasteiger partial charge in [-0.25, -0.2) is 4.39 Å². The number of nitro groups is 1. The molecule has 0 aliphatic heterocycles. The highest BCUT2D eigenvalue weighted by Crippen LogP contribution is 2.27. The third kappa shape index (κ3) is 3.54. The summed E-state index contributed by atoms with van der Waals surface area (Å²) < 4.78 is 14.0. The Morgan fingerprint density at radius 3 is 2.65 bits per heavy atom. The molecule has 0 saturated carbocycles. The molecule has 0 bridgehead atoms. The zero-order chi connectivity index (χ0) is 14.5. The summed E-state index contributed by atoms with van der Waals surface area (Å²) >= 11 is 3.28. The van der Waals surface area contributed by atoms with E-state index in [2.05, 4.69) is 21.2 Å². The predicted molar refractivity (Wildman–Crippen MR) is 79.4 cm³/mol. The average Bonchev–Trinajstić information content (AvgIpc) is 2.42. The monoisotopic (exact) mass is 338 g/mol. The van der Waals surface area contributed by atoms with E-state index in [0.717, 1.165) is 5.69 Å². The van der Waals surface area contributed by atoms with Gasteiger partial charge in [0.15, 0.2) is 0 Å². The summed E-state index contributed by atoms with van der Waals surface area (Å²) in [6.45, 7) is 0.539. The summed E-state index contributed by atoms with van der Waals surface area (Å²) in [5.41, 5.74) is 1.40. The average molecular weight is 339 g/mol. The Kier molecular flexibility index (Phi) is 4.68. The summed E-state index contributed by atoms with van der Waals surface area (Å²) in [6, 6.07) is 11.1. The van der Waals surface area contributed by atoms with Crippen molar-refractivity contribution < 1.29 is 9.31 Å². The largest absolute Gasteiger partial charge is 0.384 e. The number of nitro benzene ring substituents is 1. The molecule has 0 atom stereocenters. The zero-order valence-corrected chi connectivity index (χ0v) is 12.1. The maximum Gasteiger partial charge on any atom is 0.270 e. The standard InChI is InChI=1S/C14H12BrFN2O2/c15-12-9-11(18(19)20)5-6-14(12)17-8-7-10-3-1-2-4-13(10)16/h1-6,9,17H,7-8H2. The lowest BCUT2D eigenvalue weighted by Gasteiger charge is -2.09. The van der Waals surface area contributed by atoms with Crippen LogP contribution in [0.3, 0.4) is 0 Å². The number of nitrogens with zero attached hydrogens (tertiary/aromatic N) is 1. The topological polar surface area (TPSA) is 55.2 Å². The predicted octanol–water partition coefficient (Wildman–Crippen LogP) is 4.15. The molecule has 0 saturated heterocycles. The first-order valence-electron chi connectivity index (χ1n) is 5.99. The van der Waals surface area contributed by atoms with Gasteiger partial charge < -0.3 is 5.32 Å². The van der Waals surface area contributed by atoms with Gasteiger partial charge in [-0.15, -0.1) is 0 Å². The van der Waals surface area contributed by atoms with E-state index in [-0.39, 0.29) is 11.5 Å². The smallest absolute Gasteiger partial charge is 0.270 e. The van der Waals surface area contributed by atoms with Crippen LogP contribution >= 0.6 is 15.9 Å². The van der Waals surface area contributed by atoms with Crippen LogP contribution in [0.5, 0.6) is 0 Å². The van der Waals surface area contributed by atoms with E-state index in [1.807, 2.05) is 0 Å². The molecule has 4 nitrogen and oxygen atoms in total. The van der Waals surface area contributed by atoms with E-state index in [4.69, 9.17) is 0 Å². The van der Waals surface area contributed by atoms with Crippen molar-refractivity contribution in [1.29, 1.82) is 0 Å². The van der Waals surface area contributed by atoms with Crippen molar-refractivity contribution in [3.63, 3.8) is 0 Å². The quantitative estimate of drug-likeness (QED) is 0.658. The van der Waals surface area contributed by atoms with Gasteiger partial charge in [-0.3, -0.25) is 10.1 Å². The highest BCUT2D eigenvalue weighted by molar-refractivity contribution is 9.10. The first-order valence-corrected chi connectivity index (χ1v) is 6.78. The maximum absolute atomic E-state index is 13.4. The number of anilines is 1. The number of benzene rings is 2. The Balaban J connectivity index is 1.98. The minimum atomic E-state index is -0.451. The Labute approximate surface area is 123 Å². The normalized spacial score (nSPS) is 10.3. The van der Waals surface area contributed by atoms with Gasteiger partial charge in [-0.1, -0.05) is 18.2 Å². The van der Waals surface area contributed by atoms with Crippen molar-refractivity contribution >= 4 is 27.3 Å². The number of rotatable bonds is 5. The van der Waals surface area contributed by atoms with Crippen LogP contribution in [0.2, 0.25) is 0 Å². The lowest BCUT2D eigenvalue weighted by molar-refractivity contribution is -0.384. The molecule has 2 aromatic rings. The van der Waals surface area contributed by atoms with Gasteiger partial charge in [-0.05, 0) is 40.0 Å². The van der Waals surface area contributed by atoms with Crippen LogP contribution in [-0.4, -0.2) is 11.5 Å². The van der Waals surface area contributed by atoms with Gasteiger partial charge >= 0.3 is 0 Å². The molecular formula is C14H12BrFN2O2. The molecule has 0 radical (unpaired) electrons. The Morgan fingerprint density at radius 1 is 1.25 bits per heavy atom. The minimum Gasteiger partial charge on any atom is -0.384 e. The summed E-state index contributed by atoms with van der Waals surface area (Å²) in [5.74, 6) is -0.225. The first kappa shape index (κ1) is 14.5. The number of hydrogen-bond donors (Lipinski definition) is 1. The van der Waals surface area contributed by atoms with Crippen LogP contribution in [0.1, 0.15) is 5.56 Å². The summed E-state index contributed by atoms with van der Waals surface area (Å²) in [4.78, 5) is 10.2. The molecule has 20 heavy (non-hydrogen) atoms. The lowest BCUT2D eigenvalue weighted by atomic mass is 10.1. The molecule has 1 N–H and O–H groups in total. The van der Waals surface area contributed by atoms with Crippen molar-refractivity contribution in [3.8, 4) is 0 Å². The first-order chi connectivity index (χ1) is 9.58. The molecule has 0 aliphatic carbocycles. The van der Waals surface area contributed by atoms with Crippen LogP contribution in [0.25, 0.3) is 0 Å². The molecule has 0 unspecified atom stereocenters. The number of halogens is 2. The van der Waals surface area contributed by atoms with Gasteiger partial charge in [0.1, 0.15) is 5.82 Å². The molecule has 0 aliphatic rings. The van der Waals surface area contributed by atoms with Gasteiger partial charge in [0, 0.05) is 28.8 Å². The van der Waals surface area contributed by atoms with Crippen molar-refractivity contribution in [2.75, 3.05) is 11.9 Å². The van der Waals surface area contributed by atoms with Gasteiger partial charge in [-0.2, -0.15) is 0 Å². The Bertz CT molecular complexity index is 634. The van der Waals surface area contributed by atoms with Crippen LogP contribution in [0.15, 0.2) is 46.9 Å². The fourth-order valence-electron chi connectivity index (χ4n) is 1.79. The number of nitrogens with one attached hydrogen (secondary N) is 1.